The second-order valence-electron chi connectivity index (χ2n) is 4.65. The minimum atomic E-state index is -1.77. The molecule has 0 radical (unpaired) electrons. The van der Waals surface area contributed by atoms with Crippen LogP contribution in [0.3, 0.4) is 0 Å². The number of hydrogen-bond donors (Lipinski definition) is 0. The Hall–Kier alpha value is -1.29. The number of hydrogen-bond acceptors (Lipinski definition) is 3. The molecule has 0 unspecified atom stereocenters. The molecule has 0 saturated carbocycles. The standard InChI is InChI=1S/C11H14O3Si/c1-15(2,3)11(12)8-4-5-9-10(6-8)14-7-13-9/h4-6H,7H2,1-3H3. The smallest absolute Gasteiger partial charge is 0.231 e. The van der Waals surface area contributed by atoms with Gasteiger partial charge in [-0.3, -0.25) is 0 Å². The van der Waals surface area contributed by atoms with Gasteiger partial charge in [-0.15, -0.1) is 0 Å². The maximum atomic E-state index is 12.0. The van der Waals surface area contributed by atoms with Crippen LogP contribution in [0.25, 0.3) is 0 Å². The van der Waals surface area contributed by atoms with E-state index in [0.717, 1.165) is 11.3 Å². The van der Waals surface area contributed by atoms with Crippen molar-refractivity contribution in [3.63, 3.8) is 0 Å². The number of fused-ring (bicyclic) bond motifs is 1. The Morgan fingerprint density at radius 2 is 1.87 bits per heavy atom. The van der Waals surface area contributed by atoms with Gasteiger partial charge in [-0.25, -0.2) is 0 Å². The molecule has 0 amide bonds. The van der Waals surface area contributed by atoms with E-state index in [1.165, 1.54) is 0 Å². The molecule has 0 fully saturated rings. The number of benzene rings is 1. The van der Waals surface area contributed by atoms with Crippen molar-refractivity contribution < 1.29 is 14.3 Å². The lowest BCUT2D eigenvalue weighted by Gasteiger charge is -2.14. The summed E-state index contributed by atoms with van der Waals surface area (Å²) in [5.41, 5.74) is 0.735. The maximum Gasteiger partial charge on any atom is 0.231 e. The van der Waals surface area contributed by atoms with Crippen molar-refractivity contribution in [3.8, 4) is 11.5 Å². The van der Waals surface area contributed by atoms with Crippen LogP contribution in [0, 0.1) is 0 Å². The van der Waals surface area contributed by atoms with Crippen LogP contribution in [-0.4, -0.2) is 20.3 Å². The predicted molar refractivity (Wildman–Crippen MR) is 60.2 cm³/mol. The summed E-state index contributed by atoms with van der Waals surface area (Å²) in [6, 6.07) is 5.40. The van der Waals surface area contributed by atoms with Crippen molar-refractivity contribution in [2.45, 2.75) is 19.6 Å². The number of rotatable bonds is 2. The third-order valence-corrected chi connectivity index (χ3v) is 3.97. The zero-order valence-corrected chi connectivity index (χ0v) is 10.2. The highest BCUT2D eigenvalue weighted by Crippen LogP contribution is 2.33. The van der Waals surface area contributed by atoms with E-state index < -0.39 is 8.07 Å². The fraction of sp³-hybridized carbons (Fsp3) is 0.364. The highest BCUT2D eigenvalue weighted by Gasteiger charge is 2.27. The molecule has 0 aliphatic carbocycles. The first-order valence-electron chi connectivity index (χ1n) is 4.93. The minimum absolute atomic E-state index is 0.250. The maximum absolute atomic E-state index is 12.0. The highest BCUT2D eigenvalue weighted by atomic mass is 28.3. The van der Waals surface area contributed by atoms with Crippen LogP contribution in [-0.2, 0) is 0 Å². The second-order valence-corrected chi connectivity index (χ2v) is 9.60. The van der Waals surface area contributed by atoms with E-state index in [1.807, 2.05) is 25.7 Å². The molecule has 0 spiro atoms. The zero-order valence-electron chi connectivity index (χ0n) is 9.16. The van der Waals surface area contributed by atoms with Crippen LogP contribution < -0.4 is 9.47 Å². The topological polar surface area (TPSA) is 35.5 Å². The van der Waals surface area contributed by atoms with E-state index in [4.69, 9.17) is 9.47 Å². The fourth-order valence-electron chi connectivity index (χ4n) is 1.47. The fourth-order valence-corrected chi connectivity index (χ4v) is 2.49. The van der Waals surface area contributed by atoms with Crippen molar-refractivity contribution in [3.05, 3.63) is 23.8 Å². The predicted octanol–water partition coefficient (Wildman–Crippen LogP) is 2.48. The Kier molecular flexibility index (Phi) is 2.30. The third kappa shape index (κ3) is 1.90. The Bertz CT molecular complexity index is 407. The van der Waals surface area contributed by atoms with Gasteiger partial charge in [-0.05, 0) is 18.2 Å². The normalized spacial score (nSPS) is 14.1. The van der Waals surface area contributed by atoms with Gasteiger partial charge in [0, 0.05) is 5.56 Å². The first-order chi connectivity index (χ1) is 6.98. The Morgan fingerprint density at radius 1 is 1.20 bits per heavy atom. The molecule has 0 saturated heterocycles. The third-order valence-electron chi connectivity index (χ3n) is 2.32. The molecule has 2 rings (SSSR count). The van der Waals surface area contributed by atoms with Gasteiger partial charge in [0.05, 0.1) is 0 Å². The molecular formula is C11H14O3Si. The van der Waals surface area contributed by atoms with Gasteiger partial charge in [0.15, 0.2) is 11.5 Å². The van der Waals surface area contributed by atoms with Crippen LogP contribution in [0.2, 0.25) is 19.6 Å². The van der Waals surface area contributed by atoms with Gasteiger partial charge < -0.3 is 14.3 Å². The summed E-state index contributed by atoms with van der Waals surface area (Å²) >= 11 is 0. The lowest BCUT2D eigenvalue weighted by Crippen LogP contribution is -2.33. The summed E-state index contributed by atoms with van der Waals surface area (Å²) in [4.78, 5) is 12.0. The summed E-state index contributed by atoms with van der Waals surface area (Å²) in [6.45, 7) is 6.37. The molecule has 1 aliphatic rings. The van der Waals surface area contributed by atoms with Crippen LogP contribution in [0.15, 0.2) is 18.2 Å². The molecule has 0 N–H and O–H groups in total. The first-order valence-corrected chi connectivity index (χ1v) is 8.43. The Balaban J connectivity index is 2.35. The van der Waals surface area contributed by atoms with Gasteiger partial charge >= 0.3 is 0 Å². The van der Waals surface area contributed by atoms with Gasteiger partial charge in [0.25, 0.3) is 0 Å². The molecule has 0 aromatic heterocycles. The van der Waals surface area contributed by atoms with E-state index >= 15 is 0 Å². The molecule has 15 heavy (non-hydrogen) atoms. The summed E-state index contributed by atoms with van der Waals surface area (Å²) in [5, 5.41) is 0.251. The molecule has 3 nitrogen and oxygen atoms in total. The SMILES string of the molecule is C[Si](C)(C)C(=O)c1ccc2c(c1)OCO2. The van der Waals surface area contributed by atoms with Gasteiger partial charge in [0.1, 0.15) is 13.5 Å². The molecule has 1 aromatic rings. The van der Waals surface area contributed by atoms with Crippen molar-refractivity contribution in [2.24, 2.45) is 0 Å². The van der Waals surface area contributed by atoms with Gasteiger partial charge in [0.2, 0.25) is 6.79 Å². The van der Waals surface area contributed by atoms with Crippen LogP contribution in [0.1, 0.15) is 10.4 Å². The van der Waals surface area contributed by atoms with E-state index in [9.17, 15) is 4.79 Å². The minimum Gasteiger partial charge on any atom is -0.454 e. The van der Waals surface area contributed by atoms with Crippen molar-refractivity contribution in [1.82, 2.24) is 0 Å². The molecule has 0 bridgehead atoms. The highest BCUT2D eigenvalue weighted by molar-refractivity contribution is 7.05. The quantitative estimate of drug-likeness (QED) is 0.721. The summed E-state index contributed by atoms with van der Waals surface area (Å²) in [7, 11) is -1.77. The average Bonchev–Trinajstić information content (AvgIpc) is 2.61. The van der Waals surface area contributed by atoms with Crippen molar-refractivity contribution >= 4 is 13.5 Å². The van der Waals surface area contributed by atoms with Crippen LogP contribution in [0.4, 0.5) is 0 Å². The number of carbonyl (C=O) groups excluding carboxylic acids is 1. The molecular weight excluding hydrogens is 208 g/mol. The summed E-state index contributed by atoms with van der Waals surface area (Å²) in [5.74, 6) is 1.40. The van der Waals surface area contributed by atoms with E-state index in [0.29, 0.717) is 5.75 Å². The summed E-state index contributed by atoms with van der Waals surface area (Å²) in [6.07, 6.45) is 0. The second kappa shape index (κ2) is 3.38. The Morgan fingerprint density at radius 3 is 2.53 bits per heavy atom. The molecule has 4 heteroatoms. The lowest BCUT2D eigenvalue weighted by atomic mass is 10.2. The number of carbonyl (C=O) groups is 1. The molecule has 1 heterocycles. The summed E-state index contributed by atoms with van der Waals surface area (Å²) < 4.78 is 10.4. The van der Waals surface area contributed by atoms with E-state index in [2.05, 4.69) is 0 Å². The van der Waals surface area contributed by atoms with Crippen LogP contribution in [0.5, 0.6) is 11.5 Å². The molecule has 80 valence electrons. The number of ether oxygens (including phenoxy) is 2. The van der Waals surface area contributed by atoms with Gasteiger partial charge in [-0.2, -0.15) is 0 Å². The monoisotopic (exact) mass is 222 g/mol. The molecule has 1 aromatic carbocycles. The van der Waals surface area contributed by atoms with E-state index in [-0.39, 0.29) is 12.2 Å². The van der Waals surface area contributed by atoms with E-state index in [1.54, 1.807) is 12.1 Å². The van der Waals surface area contributed by atoms with Crippen LogP contribution >= 0.6 is 0 Å². The largest absolute Gasteiger partial charge is 0.454 e. The lowest BCUT2D eigenvalue weighted by molar-refractivity contribution is 0.106. The Labute approximate surface area is 90.0 Å². The average molecular weight is 222 g/mol. The van der Waals surface area contributed by atoms with Crippen molar-refractivity contribution in [2.75, 3.05) is 6.79 Å². The van der Waals surface area contributed by atoms with Gasteiger partial charge in [-0.1, -0.05) is 19.6 Å². The van der Waals surface area contributed by atoms with Crippen molar-refractivity contribution in [1.29, 1.82) is 0 Å². The zero-order chi connectivity index (χ0) is 11.1. The first kappa shape index (κ1) is 10.2. The molecule has 0 atom stereocenters. The molecule has 1 aliphatic heterocycles.